The molecule has 0 unspecified atom stereocenters. The molecule has 0 N–H and O–H groups in total. The lowest BCUT2D eigenvalue weighted by Gasteiger charge is -2.28. The molecule has 122 valence electrons. The Hall–Kier alpha value is -1.70. The van der Waals surface area contributed by atoms with Crippen LogP contribution < -0.4 is 0 Å². The molecular formula is C21H24F2. The second-order valence-corrected chi connectivity index (χ2v) is 6.76. The molecule has 1 aliphatic rings. The fourth-order valence-electron chi connectivity index (χ4n) is 3.87. The smallest absolute Gasteiger partial charge is 0.131 e. The summed E-state index contributed by atoms with van der Waals surface area (Å²) < 4.78 is 27.8. The molecule has 2 heteroatoms. The largest absolute Gasteiger partial charge is 0.207 e. The zero-order chi connectivity index (χ0) is 16.2. The summed E-state index contributed by atoms with van der Waals surface area (Å²) in [5.74, 6) is 0.746. The predicted octanol–water partition coefficient (Wildman–Crippen LogP) is 6.71. The number of benzene rings is 2. The zero-order valence-electron chi connectivity index (χ0n) is 13.7. The van der Waals surface area contributed by atoms with Crippen LogP contribution >= 0.6 is 0 Å². The molecule has 0 bridgehead atoms. The first-order valence-corrected chi connectivity index (χ1v) is 8.72. The molecule has 2 aromatic carbocycles. The molecule has 0 spiro atoms. The Kier molecular flexibility index (Phi) is 5.09. The van der Waals surface area contributed by atoms with E-state index in [0.717, 1.165) is 24.3 Å². The number of hydrogen-bond donors (Lipinski definition) is 0. The van der Waals surface area contributed by atoms with Crippen LogP contribution in [0.5, 0.6) is 0 Å². The van der Waals surface area contributed by atoms with Crippen molar-refractivity contribution in [1.82, 2.24) is 0 Å². The van der Waals surface area contributed by atoms with Crippen LogP contribution in [-0.2, 0) is 0 Å². The molecule has 0 radical (unpaired) electrons. The molecule has 0 amide bonds. The third kappa shape index (κ3) is 3.80. The molecule has 0 saturated heterocycles. The predicted molar refractivity (Wildman–Crippen MR) is 91.4 cm³/mol. The van der Waals surface area contributed by atoms with Crippen molar-refractivity contribution in [1.29, 1.82) is 0 Å². The van der Waals surface area contributed by atoms with Crippen LogP contribution in [0.25, 0.3) is 11.1 Å². The van der Waals surface area contributed by atoms with Crippen molar-refractivity contribution in [2.24, 2.45) is 5.92 Å². The van der Waals surface area contributed by atoms with E-state index in [1.807, 2.05) is 6.07 Å². The van der Waals surface area contributed by atoms with E-state index >= 15 is 0 Å². The molecular weight excluding hydrogens is 290 g/mol. The summed E-state index contributed by atoms with van der Waals surface area (Å²) >= 11 is 0. The molecule has 0 heterocycles. The van der Waals surface area contributed by atoms with Crippen LogP contribution in [0, 0.1) is 17.6 Å². The first-order chi connectivity index (χ1) is 11.2. The van der Waals surface area contributed by atoms with Gasteiger partial charge in [-0.25, -0.2) is 8.78 Å². The van der Waals surface area contributed by atoms with E-state index in [-0.39, 0.29) is 11.6 Å². The van der Waals surface area contributed by atoms with E-state index < -0.39 is 0 Å². The molecule has 1 fully saturated rings. The molecule has 2 aromatic rings. The highest BCUT2D eigenvalue weighted by atomic mass is 19.1. The van der Waals surface area contributed by atoms with Gasteiger partial charge in [0.25, 0.3) is 0 Å². The summed E-state index contributed by atoms with van der Waals surface area (Å²) in [6, 6.07) is 11.6. The van der Waals surface area contributed by atoms with Crippen molar-refractivity contribution in [2.45, 2.75) is 51.4 Å². The summed E-state index contributed by atoms with van der Waals surface area (Å²) in [6.45, 7) is 2.24. The normalized spacial score (nSPS) is 21.3. The Bertz CT molecular complexity index is 655. The van der Waals surface area contributed by atoms with Crippen LogP contribution in [0.15, 0.2) is 42.5 Å². The summed E-state index contributed by atoms with van der Waals surface area (Å²) in [5, 5.41) is 0. The van der Waals surface area contributed by atoms with E-state index in [9.17, 15) is 8.78 Å². The zero-order valence-corrected chi connectivity index (χ0v) is 13.7. The molecule has 0 aliphatic heterocycles. The maximum atomic E-state index is 14.5. The second kappa shape index (κ2) is 7.25. The van der Waals surface area contributed by atoms with Gasteiger partial charge >= 0.3 is 0 Å². The van der Waals surface area contributed by atoms with Gasteiger partial charge in [0.1, 0.15) is 11.6 Å². The standard InChI is InChI=1S/C21H24F2/c1-2-4-15-7-9-16(10-8-15)17-11-12-20(21(23)14-17)18-5-3-6-19(22)13-18/h3,5-6,11-16H,2,4,7-10H2,1H3. The van der Waals surface area contributed by atoms with E-state index in [4.69, 9.17) is 0 Å². The van der Waals surface area contributed by atoms with Crippen molar-refractivity contribution < 1.29 is 8.78 Å². The van der Waals surface area contributed by atoms with E-state index in [2.05, 4.69) is 6.92 Å². The fourth-order valence-corrected chi connectivity index (χ4v) is 3.87. The molecule has 0 atom stereocenters. The minimum Gasteiger partial charge on any atom is -0.207 e. The van der Waals surface area contributed by atoms with Crippen LogP contribution in [0.1, 0.15) is 56.9 Å². The lowest BCUT2D eigenvalue weighted by atomic mass is 9.77. The molecule has 0 nitrogen and oxygen atoms in total. The van der Waals surface area contributed by atoms with Crippen LogP contribution in [0.4, 0.5) is 8.78 Å². The Morgan fingerprint density at radius 3 is 2.39 bits per heavy atom. The topological polar surface area (TPSA) is 0 Å². The highest BCUT2D eigenvalue weighted by molar-refractivity contribution is 5.64. The van der Waals surface area contributed by atoms with E-state index in [1.54, 1.807) is 24.3 Å². The average molecular weight is 314 g/mol. The number of halogens is 2. The van der Waals surface area contributed by atoms with Gasteiger partial charge in [-0.05, 0) is 66.8 Å². The number of hydrogen-bond acceptors (Lipinski definition) is 0. The summed E-state index contributed by atoms with van der Waals surface area (Å²) in [4.78, 5) is 0. The van der Waals surface area contributed by atoms with Crippen molar-refractivity contribution in [3.05, 3.63) is 59.7 Å². The van der Waals surface area contributed by atoms with Crippen LogP contribution in [0.2, 0.25) is 0 Å². The molecule has 23 heavy (non-hydrogen) atoms. The third-order valence-corrected chi connectivity index (χ3v) is 5.14. The Balaban J connectivity index is 1.75. The Labute approximate surface area is 137 Å². The van der Waals surface area contributed by atoms with E-state index in [1.165, 1.54) is 37.8 Å². The highest BCUT2D eigenvalue weighted by Gasteiger charge is 2.22. The van der Waals surface area contributed by atoms with Crippen molar-refractivity contribution in [3.63, 3.8) is 0 Å². The van der Waals surface area contributed by atoms with Gasteiger partial charge in [0, 0.05) is 5.56 Å². The van der Waals surface area contributed by atoms with Gasteiger partial charge < -0.3 is 0 Å². The summed E-state index contributed by atoms with van der Waals surface area (Å²) in [7, 11) is 0. The van der Waals surface area contributed by atoms with Gasteiger partial charge in [0.15, 0.2) is 0 Å². The number of rotatable bonds is 4. The third-order valence-electron chi connectivity index (χ3n) is 5.14. The molecule has 3 rings (SSSR count). The van der Waals surface area contributed by atoms with Crippen molar-refractivity contribution in [3.8, 4) is 11.1 Å². The van der Waals surface area contributed by atoms with Crippen LogP contribution in [-0.4, -0.2) is 0 Å². The monoisotopic (exact) mass is 314 g/mol. The second-order valence-electron chi connectivity index (χ2n) is 6.76. The minimum absolute atomic E-state index is 0.246. The first kappa shape index (κ1) is 16.2. The average Bonchev–Trinajstić information content (AvgIpc) is 2.56. The molecule has 0 aromatic heterocycles. The van der Waals surface area contributed by atoms with Gasteiger partial charge in [0.2, 0.25) is 0 Å². The summed E-state index contributed by atoms with van der Waals surface area (Å²) in [5.41, 5.74) is 2.17. The maximum Gasteiger partial charge on any atom is 0.131 e. The first-order valence-electron chi connectivity index (χ1n) is 8.72. The molecule has 1 saturated carbocycles. The minimum atomic E-state index is -0.333. The van der Waals surface area contributed by atoms with E-state index in [0.29, 0.717) is 17.0 Å². The SMILES string of the molecule is CCCC1CCC(c2ccc(-c3cccc(F)c3)c(F)c2)CC1. The lowest BCUT2D eigenvalue weighted by molar-refractivity contribution is 0.308. The van der Waals surface area contributed by atoms with Crippen molar-refractivity contribution >= 4 is 0 Å². The molecule has 1 aliphatic carbocycles. The van der Waals surface area contributed by atoms with Gasteiger partial charge in [0.05, 0.1) is 0 Å². The lowest BCUT2D eigenvalue weighted by Crippen LogP contribution is -2.13. The fraction of sp³-hybridized carbons (Fsp3) is 0.429. The summed E-state index contributed by atoms with van der Waals surface area (Å²) in [6.07, 6.45) is 7.40. The highest BCUT2D eigenvalue weighted by Crippen LogP contribution is 2.38. The maximum absolute atomic E-state index is 14.5. The quantitative estimate of drug-likeness (QED) is 0.588. The van der Waals surface area contributed by atoms with Crippen LogP contribution in [0.3, 0.4) is 0 Å². The Morgan fingerprint density at radius 1 is 0.957 bits per heavy atom. The van der Waals surface area contributed by atoms with Gasteiger partial charge in [-0.1, -0.05) is 44.0 Å². The van der Waals surface area contributed by atoms with Gasteiger partial charge in [-0.2, -0.15) is 0 Å². The Morgan fingerprint density at radius 2 is 1.74 bits per heavy atom. The van der Waals surface area contributed by atoms with Gasteiger partial charge in [-0.15, -0.1) is 0 Å². The van der Waals surface area contributed by atoms with Gasteiger partial charge in [-0.3, -0.25) is 0 Å². The van der Waals surface area contributed by atoms with Crippen molar-refractivity contribution in [2.75, 3.05) is 0 Å².